The Morgan fingerprint density at radius 2 is 0.940 bits per heavy atom. The van der Waals surface area contributed by atoms with Gasteiger partial charge in [0.15, 0.2) is 28.9 Å². The molecule has 0 N–H and O–H groups in total. The van der Waals surface area contributed by atoms with Gasteiger partial charge in [0.1, 0.15) is 28.0 Å². The lowest BCUT2D eigenvalue weighted by Gasteiger charge is -2.09. The van der Waals surface area contributed by atoms with Crippen LogP contribution in [0.25, 0.3) is 101 Å². The minimum atomic E-state index is 0.572. The molecule has 0 unspecified atom stereocenters. The molecule has 4 aromatic heterocycles. The number of nitrogens with zero attached hydrogens (tertiary/aromatic N) is 5. The fraction of sp³-hybridized carbons (Fsp3) is 0. The predicted molar refractivity (Wildman–Crippen MR) is 197 cm³/mol. The topological polar surface area (TPSA) is 90.7 Å². The summed E-state index contributed by atoms with van der Waals surface area (Å²) in [6, 6.07) is 50.1. The molecule has 234 valence electrons. The minimum Gasteiger partial charge on any atom is -0.456 e. The van der Waals surface area contributed by atoms with Crippen LogP contribution in [0.5, 0.6) is 0 Å². The maximum absolute atomic E-state index is 6.55. The van der Waals surface area contributed by atoms with Gasteiger partial charge >= 0.3 is 0 Å². The molecule has 7 heteroatoms. The Morgan fingerprint density at radius 1 is 0.360 bits per heavy atom. The molecule has 0 saturated heterocycles. The molecular weight excluding hydrogens is 619 g/mol. The third-order valence-corrected chi connectivity index (χ3v) is 8.96. The number of aromatic nitrogens is 5. The van der Waals surface area contributed by atoms with Crippen LogP contribution in [0, 0.1) is 0 Å². The first kappa shape index (κ1) is 28.1. The number of para-hydroxylation sites is 1. The number of furan rings is 2. The summed E-state index contributed by atoms with van der Waals surface area (Å²) in [5, 5.41) is 2.82. The van der Waals surface area contributed by atoms with Crippen molar-refractivity contribution in [1.82, 2.24) is 24.9 Å². The second-order valence-corrected chi connectivity index (χ2v) is 12.1. The fourth-order valence-electron chi connectivity index (χ4n) is 6.59. The molecule has 0 atom stereocenters. The van der Waals surface area contributed by atoms with Gasteiger partial charge in [-0.1, -0.05) is 121 Å². The zero-order valence-electron chi connectivity index (χ0n) is 26.5. The average molecular weight is 644 g/mol. The summed E-state index contributed by atoms with van der Waals surface area (Å²) in [5.41, 5.74) is 8.80. The van der Waals surface area contributed by atoms with Crippen molar-refractivity contribution in [1.29, 1.82) is 0 Å². The van der Waals surface area contributed by atoms with Gasteiger partial charge in [0.25, 0.3) is 0 Å². The van der Waals surface area contributed by atoms with Gasteiger partial charge in [-0.2, -0.15) is 0 Å². The van der Waals surface area contributed by atoms with E-state index in [0.29, 0.717) is 34.6 Å². The Hall–Kier alpha value is -6.99. The number of benzene rings is 6. The summed E-state index contributed by atoms with van der Waals surface area (Å²) in [6.07, 6.45) is 0. The van der Waals surface area contributed by atoms with Crippen LogP contribution >= 0.6 is 0 Å². The van der Waals surface area contributed by atoms with Crippen LogP contribution < -0.4 is 0 Å². The van der Waals surface area contributed by atoms with Crippen LogP contribution in [0.3, 0.4) is 0 Å². The smallest absolute Gasteiger partial charge is 0.180 e. The summed E-state index contributed by atoms with van der Waals surface area (Å²) in [5.74, 6) is 2.41. The van der Waals surface area contributed by atoms with Crippen molar-refractivity contribution >= 4 is 44.0 Å². The lowest BCUT2D eigenvalue weighted by molar-refractivity contribution is 0.666. The highest BCUT2D eigenvalue weighted by Crippen LogP contribution is 2.40. The maximum atomic E-state index is 6.55. The van der Waals surface area contributed by atoms with E-state index >= 15 is 0 Å². The van der Waals surface area contributed by atoms with E-state index in [2.05, 4.69) is 12.1 Å². The molecule has 0 aliphatic heterocycles. The molecule has 50 heavy (non-hydrogen) atoms. The molecule has 7 nitrogen and oxygen atoms in total. The van der Waals surface area contributed by atoms with Crippen LogP contribution in [0.15, 0.2) is 160 Å². The zero-order chi connectivity index (χ0) is 33.0. The minimum absolute atomic E-state index is 0.572. The van der Waals surface area contributed by atoms with Crippen LogP contribution in [0.2, 0.25) is 0 Å². The first-order valence-corrected chi connectivity index (χ1v) is 16.3. The van der Waals surface area contributed by atoms with Gasteiger partial charge in [-0.25, -0.2) is 24.9 Å². The maximum Gasteiger partial charge on any atom is 0.180 e. The average Bonchev–Trinajstić information content (AvgIpc) is 3.76. The van der Waals surface area contributed by atoms with Crippen LogP contribution in [-0.2, 0) is 0 Å². The largest absolute Gasteiger partial charge is 0.456 e. The first-order chi connectivity index (χ1) is 24.8. The van der Waals surface area contributed by atoms with Crippen molar-refractivity contribution < 1.29 is 8.83 Å². The Morgan fingerprint density at radius 3 is 1.62 bits per heavy atom. The van der Waals surface area contributed by atoms with Gasteiger partial charge in [0.05, 0.1) is 0 Å². The highest BCUT2D eigenvalue weighted by molar-refractivity contribution is 6.13. The van der Waals surface area contributed by atoms with Crippen LogP contribution in [-0.4, -0.2) is 24.9 Å². The van der Waals surface area contributed by atoms with Gasteiger partial charge in [0, 0.05) is 44.0 Å². The normalized spacial score (nSPS) is 11.6. The number of hydrogen-bond acceptors (Lipinski definition) is 7. The molecule has 0 aliphatic rings. The van der Waals surface area contributed by atoms with E-state index in [1.807, 2.05) is 140 Å². The van der Waals surface area contributed by atoms with Crippen molar-refractivity contribution in [3.63, 3.8) is 0 Å². The Bertz CT molecular complexity index is 2810. The summed E-state index contributed by atoms with van der Waals surface area (Å²) >= 11 is 0. The van der Waals surface area contributed by atoms with E-state index in [9.17, 15) is 0 Å². The van der Waals surface area contributed by atoms with Gasteiger partial charge in [-0.15, -0.1) is 0 Å². The molecular formula is C43H25N5O2. The molecule has 10 rings (SSSR count). The third-order valence-electron chi connectivity index (χ3n) is 8.96. The molecule has 4 heterocycles. The summed E-state index contributed by atoms with van der Waals surface area (Å²) in [6.45, 7) is 0. The molecule has 0 spiro atoms. The standard InChI is InChI=1S/C43H25N5O2/c1-4-13-26(14-5-1)40-44-37(39-38(45-40)31-19-10-11-21-33(31)50-39)29-23-24-30-35(25-29)49-34-22-12-20-32(36(30)34)43-47-41(27-15-6-2-7-16-27)46-42(48-43)28-17-8-3-9-18-28/h1-25H. The molecule has 10 aromatic rings. The van der Waals surface area contributed by atoms with Gasteiger partial charge in [-0.05, 0) is 30.3 Å². The van der Waals surface area contributed by atoms with Crippen LogP contribution in [0.4, 0.5) is 0 Å². The Labute approximate surface area is 285 Å². The molecule has 0 fully saturated rings. The van der Waals surface area contributed by atoms with E-state index in [0.717, 1.165) is 66.2 Å². The SMILES string of the molecule is c1ccc(-c2nc(-c3ccccc3)nc(-c3cccc4oc5cc(-c6nc(-c7ccccc7)nc7c6oc6ccccc67)ccc5c34)n2)cc1. The highest BCUT2D eigenvalue weighted by Gasteiger charge is 2.21. The number of fused-ring (bicyclic) bond motifs is 6. The van der Waals surface area contributed by atoms with Gasteiger partial charge in [-0.3, -0.25) is 0 Å². The second kappa shape index (κ2) is 11.3. The van der Waals surface area contributed by atoms with E-state index in [1.54, 1.807) is 0 Å². The van der Waals surface area contributed by atoms with Crippen LogP contribution in [0.1, 0.15) is 0 Å². The van der Waals surface area contributed by atoms with Crippen molar-refractivity contribution in [3.8, 4) is 56.8 Å². The zero-order valence-corrected chi connectivity index (χ0v) is 26.5. The van der Waals surface area contributed by atoms with Gasteiger partial charge in [0.2, 0.25) is 0 Å². The highest BCUT2D eigenvalue weighted by atomic mass is 16.3. The summed E-state index contributed by atoms with van der Waals surface area (Å²) < 4.78 is 12.9. The predicted octanol–water partition coefficient (Wildman–Crippen LogP) is 10.8. The summed E-state index contributed by atoms with van der Waals surface area (Å²) in [4.78, 5) is 24.9. The van der Waals surface area contributed by atoms with Crippen molar-refractivity contribution in [2.75, 3.05) is 0 Å². The second-order valence-electron chi connectivity index (χ2n) is 12.1. The van der Waals surface area contributed by atoms with E-state index in [-0.39, 0.29) is 0 Å². The summed E-state index contributed by atoms with van der Waals surface area (Å²) in [7, 11) is 0. The lowest BCUT2D eigenvalue weighted by atomic mass is 10.0. The lowest BCUT2D eigenvalue weighted by Crippen LogP contribution is -2.00. The Kier molecular flexibility index (Phi) is 6.35. The van der Waals surface area contributed by atoms with E-state index in [4.69, 9.17) is 33.8 Å². The Balaban J connectivity index is 1.17. The monoisotopic (exact) mass is 643 g/mol. The van der Waals surface area contributed by atoms with Gasteiger partial charge < -0.3 is 8.83 Å². The molecule has 0 radical (unpaired) electrons. The number of rotatable bonds is 5. The quantitative estimate of drug-likeness (QED) is 0.184. The molecule has 6 aromatic carbocycles. The van der Waals surface area contributed by atoms with Crippen molar-refractivity contribution in [2.24, 2.45) is 0 Å². The van der Waals surface area contributed by atoms with E-state index < -0.39 is 0 Å². The van der Waals surface area contributed by atoms with Crippen molar-refractivity contribution in [3.05, 3.63) is 152 Å². The molecule has 0 saturated carbocycles. The first-order valence-electron chi connectivity index (χ1n) is 16.3. The third kappa shape index (κ3) is 4.64. The fourth-order valence-corrected chi connectivity index (χ4v) is 6.59. The number of hydrogen-bond donors (Lipinski definition) is 0. The molecule has 0 bridgehead atoms. The van der Waals surface area contributed by atoms with Crippen molar-refractivity contribution in [2.45, 2.75) is 0 Å². The molecule has 0 amide bonds. The van der Waals surface area contributed by atoms with E-state index in [1.165, 1.54) is 0 Å². The molecule has 0 aliphatic carbocycles.